The van der Waals surface area contributed by atoms with Crippen molar-refractivity contribution in [2.24, 2.45) is 11.7 Å². The number of primary amides is 1. The molecule has 0 heterocycles. The van der Waals surface area contributed by atoms with E-state index in [-0.39, 0.29) is 18.2 Å². The van der Waals surface area contributed by atoms with Gasteiger partial charge in [-0.15, -0.1) is 0 Å². The second-order valence-corrected chi connectivity index (χ2v) is 5.54. The molecular formula is C15H20N2O4. The topological polar surface area (TPSA) is 109 Å². The fourth-order valence-electron chi connectivity index (χ4n) is 1.82. The van der Waals surface area contributed by atoms with E-state index in [4.69, 9.17) is 10.8 Å². The smallest absolute Gasteiger partial charge is 0.305 e. The lowest BCUT2D eigenvalue weighted by atomic mass is 9.85. The van der Waals surface area contributed by atoms with E-state index >= 15 is 0 Å². The van der Waals surface area contributed by atoms with Crippen LogP contribution in [0.2, 0.25) is 0 Å². The number of amides is 2. The summed E-state index contributed by atoms with van der Waals surface area (Å²) in [5.41, 5.74) is 4.93. The van der Waals surface area contributed by atoms with E-state index in [2.05, 4.69) is 5.32 Å². The Kier molecular flexibility index (Phi) is 5.07. The number of carbonyl (C=O) groups is 3. The first kappa shape index (κ1) is 16.7. The van der Waals surface area contributed by atoms with Gasteiger partial charge in [-0.05, 0) is 37.1 Å². The second-order valence-electron chi connectivity index (χ2n) is 5.54. The summed E-state index contributed by atoms with van der Waals surface area (Å²) in [5, 5.41) is 11.7. The lowest BCUT2D eigenvalue weighted by Crippen LogP contribution is -2.51. The molecule has 0 saturated carbocycles. The quantitative estimate of drug-likeness (QED) is 0.736. The number of hydrogen-bond donors (Lipinski definition) is 3. The van der Waals surface area contributed by atoms with Gasteiger partial charge in [0, 0.05) is 11.1 Å². The minimum atomic E-state index is -0.976. The molecule has 0 spiro atoms. The molecule has 2 amide bonds. The SMILES string of the molecule is CC(C)C(C)(CC(=O)O)NC(=O)c1ccc(C(N)=O)cc1. The van der Waals surface area contributed by atoms with Crippen LogP contribution in [0.3, 0.4) is 0 Å². The van der Waals surface area contributed by atoms with Gasteiger partial charge >= 0.3 is 5.97 Å². The van der Waals surface area contributed by atoms with Crippen molar-refractivity contribution in [1.29, 1.82) is 0 Å². The molecule has 21 heavy (non-hydrogen) atoms. The lowest BCUT2D eigenvalue weighted by molar-refractivity contribution is -0.138. The summed E-state index contributed by atoms with van der Waals surface area (Å²) >= 11 is 0. The highest BCUT2D eigenvalue weighted by atomic mass is 16.4. The molecule has 1 aromatic rings. The van der Waals surface area contributed by atoms with E-state index in [9.17, 15) is 14.4 Å². The highest BCUT2D eigenvalue weighted by Crippen LogP contribution is 2.21. The highest BCUT2D eigenvalue weighted by molar-refractivity contribution is 5.97. The van der Waals surface area contributed by atoms with Crippen molar-refractivity contribution < 1.29 is 19.5 Å². The fraction of sp³-hybridized carbons (Fsp3) is 0.400. The molecule has 6 heteroatoms. The van der Waals surface area contributed by atoms with Crippen LogP contribution in [-0.2, 0) is 4.79 Å². The average molecular weight is 292 g/mol. The first-order valence-electron chi connectivity index (χ1n) is 6.60. The molecular weight excluding hydrogens is 272 g/mol. The first-order chi connectivity index (χ1) is 9.65. The number of benzene rings is 1. The van der Waals surface area contributed by atoms with Crippen LogP contribution < -0.4 is 11.1 Å². The van der Waals surface area contributed by atoms with Crippen LogP contribution in [0.4, 0.5) is 0 Å². The van der Waals surface area contributed by atoms with Crippen LogP contribution in [0.1, 0.15) is 47.9 Å². The third-order valence-corrected chi connectivity index (χ3v) is 3.62. The summed E-state index contributed by atoms with van der Waals surface area (Å²) in [5.74, 6) is -1.98. The molecule has 6 nitrogen and oxygen atoms in total. The number of carbonyl (C=O) groups excluding carboxylic acids is 2. The number of aliphatic carboxylic acids is 1. The Morgan fingerprint density at radius 2 is 1.67 bits per heavy atom. The molecule has 1 rings (SSSR count). The van der Waals surface area contributed by atoms with Crippen molar-refractivity contribution in [1.82, 2.24) is 5.32 Å². The molecule has 0 aliphatic carbocycles. The first-order valence-corrected chi connectivity index (χ1v) is 6.60. The average Bonchev–Trinajstić information content (AvgIpc) is 2.37. The maximum atomic E-state index is 12.2. The molecule has 0 aliphatic heterocycles. The maximum Gasteiger partial charge on any atom is 0.305 e. The van der Waals surface area contributed by atoms with Crippen LogP contribution in [0, 0.1) is 5.92 Å². The normalized spacial score (nSPS) is 13.5. The highest BCUT2D eigenvalue weighted by Gasteiger charge is 2.33. The van der Waals surface area contributed by atoms with Gasteiger partial charge < -0.3 is 16.2 Å². The van der Waals surface area contributed by atoms with Gasteiger partial charge in [-0.1, -0.05) is 13.8 Å². The van der Waals surface area contributed by atoms with Gasteiger partial charge in [0.15, 0.2) is 0 Å². The van der Waals surface area contributed by atoms with Crippen molar-refractivity contribution in [2.75, 3.05) is 0 Å². The minimum Gasteiger partial charge on any atom is -0.481 e. The molecule has 0 aromatic heterocycles. The number of nitrogens with two attached hydrogens (primary N) is 1. The Morgan fingerprint density at radius 1 is 1.19 bits per heavy atom. The fourth-order valence-corrected chi connectivity index (χ4v) is 1.82. The van der Waals surface area contributed by atoms with E-state index in [0.29, 0.717) is 11.1 Å². The number of carboxylic acids is 1. The van der Waals surface area contributed by atoms with Crippen molar-refractivity contribution >= 4 is 17.8 Å². The molecule has 1 aromatic carbocycles. The van der Waals surface area contributed by atoms with Crippen LogP contribution in [0.25, 0.3) is 0 Å². The zero-order chi connectivity index (χ0) is 16.2. The van der Waals surface area contributed by atoms with E-state index in [1.54, 1.807) is 6.92 Å². The Labute approximate surface area is 123 Å². The molecule has 0 bridgehead atoms. The zero-order valence-electron chi connectivity index (χ0n) is 12.3. The largest absolute Gasteiger partial charge is 0.481 e. The predicted octanol–water partition coefficient (Wildman–Crippen LogP) is 1.40. The number of carboxylic acid groups (broad SMARTS) is 1. The third-order valence-electron chi connectivity index (χ3n) is 3.62. The number of rotatable bonds is 6. The van der Waals surface area contributed by atoms with Crippen LogP contribution in [0.5, 0.6) is 0 Å². The maximum absolute atomic E-state index is 12.2. The van der Waals surface area contributed by atoms with Crippen molar-refractivity contribution in [3.63, 3.8) is 0 Å². The molecule has 1 unspecified atom stereocenters. The molecule has 0 aliphatic rings. The number of hydrogen-bond acceptors (Lipinski definition) is 3. The monoisotopic (exact) mass is 292 g/mol. The molecule has 4 N–H and O–H groups in total. The third kappa shape index (κ3) is 4.30. The summed E-state index contributed by atoms with van der Waals surface area (Å²) in [7, 11) is 0. The van der Waals surface area contributed by atoms with Crippen molar-refractivity contribution in [3.8, 4) is 0 Å². The van der Waals surface area contributed by atoms with Crippen molar-refractivity contribution in [3.05, 3.63) is 35.4 Å². The number of nitrogens with one attached hydrogen (secondary N) is 1. The summed E-state index contributed by atoms with van der Waals surface area (Å²) < 4.78 is 0. The molecule has 114 valence electrons. The van der Waals surface area contributed by atoms with Gasteiger partial charge in [0.05, 0.1) is 12.0 Å². The zero-order valence-corrected chi connectivity index (χ0v) is 12.3. The molecule has 1 atom stereocenters. The van der Waals surface area contributed by atoms with Gasteiger partial charge in [-0.3, -0.25) is 14.4 Å². The van der Waals surface area contributed by atoms with Gasteiger partial charge in [0.1, 0.15) is 0 Å². The summed E-state index contributed by atoms with van der Waals surface area (Å²) in [6, 6.07) is 5.89. The summed E-state index contributed by atoms with van der Waals surface area (Å²) in [4.78, 5) is 34.1. The second kappa shape index (κ2) is 6.39. The van der Waals surface area contributed by atoms with Gasteiger partial charge in [0.2, 0.25) is 5.91 Å². The standard InChI is InChI=1S/C15H20N2O4/c1-9(2)15(3,8-12(18)19)17-14(21)11-6-4-10(5-7-11)13(16)20/h4-7,9H,8H2,1-3H3,(H2,16,20)(H,17,21)(H,18,19). The molecule has 0 radical (unpaired) electrons. The Balaban J connectivity index is 2.92. The van der Waals surface area contributed by atoms with Crippen LogP contribution >= 0.6 is 0 Å². The van der Waals surface area contributed by atoms with E-state index in [0.717, 1.165) is 0 Å². The Bertz CT molecular complexity index is 551. The van der Waals surface area contributed by atoms with Gasteiger partial charge in [0.25, 0.3) is 5.91 Å². The van der Waals surface area contributed by atoms with Gasteiger partial charge in [-0.2, -0.15) is 0 Å². The summed E-state index contributed by atoms with van der Waals surface area (Å²) in [6.45, 7) is 5.39. The van der Waals surface area contributed by atoms with Crippen molar-refractivity contribution in [2.45, 2.75) is 32.7 Å². The van der Waals surface area contributed by atoms with Gasteiger partial charge in [-0.25, -0.2) is 0 Å². The Hall–Kier alpha value is -2.37. The van der Waals surface area contributed by atoms with Crippen LogP contribution in [-0.4, -0.2) is 28.4 Å². The van der Waals surface area contributed by atoms with E-state index in [1.165, 1.54) is 24.3 Å². The van der Waals surface area contributed by atoms with Crippen LogP contribution in [0.15, 0.2) is 24.3 Å². The van der Waals surface area contributed by atoms with E-state index in [1.807, 2.05) is 13.8 Å². The molecule has 0 fully saturated rings. The Morgan fingerprint density at radius 3 is 2.05 bits per heavy atom. The van der Waals surface area contributed by atoms with E-state index < -0.39 is 17.4 Å². The molecule has 0 saturated heterocycles. The summed E-state index contributed by atoms with van der Waals surface area (Å²) in [6.07, 6.45) is -0.171. The minimum absolute atomic E-state index is 0.0533. The lowest BCUT2D eigenvalue weighted by Gasteiger charge is -2.33. The predicted molar refractivity (Wildman–Crippen MR) is 77.9 cm³/mol.